The summed E-state index contributed by atoms with van der Waals surface area (Å²) in [6.45, 7) is 4.51. The van der Waals surface area contributed by atoms with Crippen LogP contribution in [-0.2, 0) is 0 Å². The molecule has 2 N–H and O–H groups in total. The third kappa shape index (κ3) is 6.13. The first-order valence-electron chi connectivity index (χ1n) is 9.31. The summed E-state index contributed by atoms with van der Waals surface area (Å²) in [7, 11) is 0. The predicted molar refractivity (Wildman–Crippen MR) is 87.9 cm³/mol. The van der Waals surface area contributed by atoms with Gasteiger partial charge in [-0.15, -0.1) is 0 Å². The lowest BCUT2D eigenvalue weighted by molar-refractivity contribution is 0.170. The number of hydrogen-bond donors (Lipinski definition) is 1. The van der Waals surface area contributed by atoms with Gasteiger partial charge in [-0.3, -0.25) is 4.90 Å². The first-order valence-corrected chi connectivity index (χ1v) is 9.31. The Morgan fingerprint density at radius 3 is 2.15 bits per heavy atom. The number of rotatable bonds is 13. The second-order valence-corrected chi connectivity index (χ2v) is 7.17. The van der Waals surface area contributed by atoms with E-state index in [0.717, 1.165) is 18.5 Å². The summed E-state index contributed by atoms with van der Waals surface area (Å²) < 4.78 is 0. The lowest BCUT2D eigenvalue weighted by atomic mass is 10.0. The van der Waals surface area contributed by atoms with Crippen molar-refractivity contribution in [1.82, 2.24) is 4.90 Å². The quantitative estimate of drug-likeness (QED) is 0.509. The molecule has 0 aromatic carbocycles. The maximum atomic E-state index is 6.07. The van der Waals surface area contributed by atoms with Gasteiger partial charge in [-0.1, -0.05) is 51.9 Å². The SMILES string of the molecule is CCCCCCCCCC(CN)N(CC1CC1)C1CC1. The Hall–Kier alpha value is -0.0800. The van der Waals surface area contributed by atoms with Crippen LogP contribution >= 0.6 is 0 Å². The fraction of sp³-hybridized carbons (Fsp3) is 1.00. The predicted octanol–water partition coefficient (Wildman–Crippen LogP) is 4.33. The van der Waals surface area contributed by atoms with E-state index < -0.39 is 0 Å². The second-order valence-electron chi connectivity index (χ2n) is 7.17. The van der Waals surface area contributed by atoms with Crippen LogP contribution in [0.1, 0.15) is 84.0 Å². The van der Waals surface area contributed by atoms with Gasteiger partial charge < -0.3 is 5.73 Å². The number of unbranched alkanes of at least 4 members (excludes halogenated alkanes) is 6. The van der Waals surface area contributed by atoms with E-state index in [2.05, 4.69) is 11.8 Å². The minimum Gasteiger partial charge on any atom is -0.329 e. The van der Waals surface area contributed by atoms with Crippen molar-refractivity contribution in [3.63, 3.8) is 0 Å². The van der Waals surface area contributed by atoms with Gasteiger partial charge in [0.05, 0.1) is 0 Å². The normalized spacial score (nSPS) is 20.6. The minimum atomic E-state index is 0.679. The molecule has 0 aromatic heterocycles. The van der Waals surface area contributed by atoms with Crippen LogP contribution in [-0.4, -0.2) is 30.1 Å². The van der Waals surface area contributed by atoms with Crippen molar-refractivity contribution in [3.8, 4) is 0 Å². The molecule has 2 aliphatic rings. The highest BCUT2D eigenvalue weighted by Crippen LogP contribution is 2.36. The van der Waals surface area contributed by atoms with E-state index in [0.29, 0.717) is 6.04 Å². The van der Waals surface area contributed by atoms with Crippen molar-refractivity contribution in [2.45, 2.75) is 96.1 Å². The van der Waals surface area contributed by atoms with Crippen molar-refractivity contribution in [2.24, 2.45) is 11.7 Å². The Bertz CT molecular complexity index is 246. The zero-order chi connectivity index (χ0) is 14.2. The summed E-state index contributed by atoms with van der Waals surface area (Å²) in [4.78, 5) is 2.79. The van der Waals surface area contributed by atoms with Crippen LogP contribution in [0.25, 0.3) is 0 Å². The summed E-state index contributed by atoms with van der Waals surface area (Å²) in [5, 5.41) is 0. The molecule has 1 atom stereocenters. The molecule has 0 heterocycles. The zero-order valence-corrected chi connectivity index (χ0v) is 13.7. The lowest BCUT2D eigenvalue weighted by Crippen LogP contribution is -2.43. The Balaban J connectivity index is 1.57. The molecule has 2 rings (SSSR count). The van der Waals surface area contributed by atoms with Gasteiger partial charge in [0, 0.05) is 25.2 Å². The van der Waals surface area contributed by atoms with E-state index in [4.69, 9.17) is 5.73 Å². The molecule has 2 aliphatic carbocycles. The summed E-state index contributed by atoms with van der Waals surface area (Å²) in [5.41, 5.74) is 6.07. The fourth-order valence-corrected chi connectivity index (χ4v) is 3.36. The van der Waals surface area contributed by atoms with Crippen molar-refractivity contribution in [1.29, 1.82) is 0 Å². The van der Waals surface area contributed by atoms with Crippen LogP contribution in [0.15, 0.2) is 0 Å². The summed E-state index contributed by atoms with van der Waals surface area (Å²) >= 11 is 0. The van der Waals surface area contributed by atoms with E-state index >= 15 is 0 Å². The van der Waals surface area contributed by atoms with Crippen molar-refractivity contribution in [2.75, 3.05) is 13.1 Å². The average Bonchev–Trinajstić information content (AvgIpc) is 3.33. The highest BCUT2D eigenvalue weighted by atomic mass is 15.2. The van der Waals surface area contributed by atoms with Crippen LogP contribution in [0.2, 0.25) is 0 Å². The molecule has 0 spiro atoms. The third-order valence-electron chi connectivity index (χ3n) is 5.06. The van der Waals surface area contributed by atoms with Crippen LogP contribution in [0.4, 0.5) is 0 Å². The Morgan fingerprint density at radius 2 is 1.60 bits per heavy atom. The van der Waals surface area contributed by atoms with Crippen LogP contribution in [0, 0.1) is 5.92 Å². The maximum absolute atomic E-state index is 6.07. The highest BCUT2D eigenvalue weighted by Gasteiger charge is 2.36. The molecule has 20 heavy (non-hydrogen) atoms. The Kier molecular flexibility index (Phi) is 7.37. The van der Waals surface area contributed by atoms with Crippen LogP contribution in [0.5, 0.6) is 0 Å². The standard InChI is InChI=1S/C18H36N2/c1-2-3-4-5-6-7-8-9-18(14-19)20(17-12-13-17)15-16-10-11-16/h16-18H,2-15,19H2,1H3. The highest BCUT2D eigenvalue weighted by molar-refractivity contribution is 4.92. The average molecular weight is 281 g/mol. The molecule has 0 aromatic rings. The molecule has 2 saturated carbocycles. The van der Waals surface area contributed by atoms with E-state index in [9.17, 15) is 0 Å². The van der Waals surface area contributed by atoms with Crippen molar-refractivity contribution < 1.29 is 0 Å². The first-order chi connectivity index (χ1) is 9.85. The Morgan fingerprint density at radius 1 is 0.950 bits per heavy atom. The van der Waals surface area contributed by atoms with Crippen LogP contribution < -0.4 is 5.73 Å². The smallest absolute Gasteiger partial charge is 0.0221 e. The van der Waals surface area contributed by atoms with Crippen LogP contribution in [0.3, 0.4) is 0 Å². The van der Waals surface area contributed by atoms with Gasteiger partial charge in [0.2, 0.25) is 0 Å². The van der Waals surface area contributed by atoms with Gasteiger partial charge in [0.25, 0.3) is 0 Å². The first kappa shape index (κ1) is 16.3. The molecule has 2 fully saturated rings. The monoisotopic (exact) mass is 280 g/mol. The topological polar surface area (TPSA) is 29.3 Å². The third-order valence-corrected chi connectivity index (χ3v) is 5.06. The zero-order valence-electron chi connectivity index (χ0n) is 13.7. The summed E-state index contributed by atoms with van der Waals surface area (Å²) in [6.07, 6.45) is 17.0. The molecular formula is C18H36N2. The van der Waals surface area contributed by atoms with Gasteiger partial charge in [-0.05, 0) is 38.0 Å². The molecule has 2 heteroatoms. The summed E-state index contributed by atoms with van der Waals surface area (Å²) in [6, 6.07) is 1.58. The van der Waals surface area contributed by atoms with Gasteiger partial charge in [0.15, 0.2) is 0 Å². The molecule has 0 radical (unpaired) electrons. The fourth-order valence-electron chi connectivity index (χ4n) is 3.36. The molecule has 0 saturated heterocycles. The molecule has 0 aliphatic heterocycles. The Labute approximate surface area is 126 Å². The van der Waals surface area contributed by atoms with E-state index in [1.807, 2.05) is 0 Å². The van der Waals surface area contributed by atoms with Crippen molar-refractivity contribution in [3.05, 3.63) is 0 Å². The van der Waals surface area contributed by atoms with Gasteiger partial charge >= 0.3 is 0 Å². The molecule has 118 valence electrons. The van der Waals surface area contributed by atoms with Gasteiger partial charge in [0.1, 0.15) is 0 Å². The minimum absolute atomic E-state index is 0.679. The molecule has 0 amide bonds. The number of hydrogen-bond acceptors (Lipinski definition) is 2. The molecule has 2 nitrogen and oxygen atoms in total. The van der Waals surface area contributed by atoms with E-state index in [1.165, 1.54) is 83.6 Å². The maximum Gasteiger partial charge on any atom is 0.0221 e. The van der Waals surface area contributed by atoms with Crippen molar-refractivity contribution >= 4 is 0 Å². The lowest BCUT2D eigenvalue weighted by Gasteiger charge is -2.31. The molecule has 0 bridgehead atoms. The summed E-state index contributed by atoms with van der Waals surface area (Å²) in [5.74, 6) is 1.01. The van der Waals surface area contributed by atoms with Gasteiger partial charge in [-0.2, -0.15) is 0 Å². The van der Waals surface area contributed by atoms with E-state index in [1.54, 1.807) is 0 Å². The number of nitrogens with zero attached hydrogens (tertiary/aromatic N) is 1. The van der Waals surface area contributed by atoms with Gasteiger partial charge in [-0.25, -0.2) is 0 Å². The number of nitrogens with two attached hydrogens (primary N) is 1. The second kappa shape index (κ2) is 9.04. The largest absolute Gasteiger partial charge is 0.329 e. The molecule has 1 unspecified atom stereocenters. The van der Waals surface area contributed by atoms with E-state index in [-0.39, 0.29) is 0 Å². The molecular weight excluding hydrogens is 244 g/mol.